The van der Waals surface area contributed by atoms with Crippen molar-refractivity contribution in [1.29, 1.82) is 0 Å². The van der Waals surface area contributed by atoms with Crippen molar-refractivity contribution in [2.24, 2.45) is 0 Å². The molecule has 1 N–H and O–H groups in total. The highest BCUT2D eigenvalue weighted by molar-refractivity contribution is 9.10. The van der Waals surface area contributed by atoms with Crippen molar-refractivity contribution in [1.82, 2.24) is 0 Å². The van der Waals surface area contributed by atoms with Gasteiger partial charge in [0.2, 0.25) is 0 Å². The lowest BCUT2D eigenvalue weighted by molar-refractivity contribution is 0.884. The molecular weight excluding hydrogens is 345 g/mol. The van der Waals surface area contributed by atoms with Gasteiger partial charge in [-0.05, 0) is 49.2 Å². The van der Waals surface area contributed by atoms with Crippen LogP contribution in [0, 0.1) is 6.92 Å². The molecule has 0 radical (unpaired) electrons. The summed E-state index contributed by atoms with van der Waals surface area (Å²) in [5.41, 5.74) is 3.10. The number of aryl methyl sites for hydroxylation is 1. The van der Waals surface area contributed by atoms with Crippen LogP contribution in [0.15, 0.2) is 40.9 Å². The predicted octanol–water partition coefficient (Wildman–Crippen LogP) is 6.24. The van der Waals surface area contributed by atoms with Crippen LogP contribution in [0.2, 0.25) is 10.0 Å². The van der Waals surface area contributed by atoms with Crippen LogP contribution in [0.25, 0.3) is 0 Å². The molecule has 0 aromatic heterocycles. The van der Waals surface area contributed by atoms with E-state index in [0.29, 0.717) is 0 Å². The third-order valence-corrected chi connectivity index (χ3v) is 4.06. The average molecular weight is 359 g/mol. The van der Waals surface area contributed by atoms with Crippen molar-refractivity contribution in [3.63, 3.8) is 0 Å². The van der Waals surface area contributed by atoms with Gasteiger partial charge in [-0.15, -0.1) is 0 Å². The molecule has 1 atom stereocenters. The minimum absolute atomic E-state index is 0.0841. The molecule has 2 rings (SSSR count). The number of rotatable bonds is 3. The van der Waals surface area contributed by atoms with Gasteiger partial charge in [0.15, 0.2) is 0 Å². The van der Waals surface area contributed by atoms with Crippen LogP contribution in [-0.4, -0.2) is 0 Å². The van der Waals surface area contributed by atoms with E-state index in [0.717, 1.165) is 31.3 Å². The summed E-state index contributed by atoms with van der Waals surface area (Å²) < 4.78 is 0.974. The highest BCUT2D eigenvalue weighted by Gasteiger charge is 2.11. The number of benzene rings is 2. The van der Waals surface area contributed by atoms with Crippen molar-refractivity contribution in [2.75, 3.05) is 5.32 Å². The molecule has 0 fully saturated rings. The van der Waals surface area contributed by atoms with E-state index in [1.54, 1.807) is 0 Å². The molecule has 0 saturated carbocycles. The number of halogens is 3. The Balaban J connectivity index is 2.23. The van der Waals surface area contributed by atoms with Crippen molar-refractivity contribution in [3.8, 4) is 0 Å². The largest absolute Gasteiger partial charge is 0.377 e. The van der Waals surface area contributed by atoms with Gasteiger partial charge in [0.25, 0.3) is 0 Å². The fourth-order valence-corrected chi connectivity index (χ4v) is 3.03. The van der Waals surface area contributed by atoms with Crippen LogP contribution >= 0.6 is 39.1 Å². The zero-order valence-corrected chi connectivity index (χ0v) is 13.8. The summed E-state index contributed by atoms with van der Waals surface area (Å²) >= 11 is 15.9. The predicted molar refractivity (Wildman–Crippen MR) is 87.4 cm³/mol. The quantitative estimate of drug-likeness (QED) is 0.684. The van der Waals surface area contributed by atoms with Crippen LogP contribution in [0.5, 0.6) is 0 Å². The maximum Gasteiger partial charge on any atom is 0.0640 e. The first-order valence-electron chi connectivity index (χ1n) is 5.95. The van der Waals surface area contributed by atoms with Crippen LogP contribution in [0.4, 0.5) is 5.69 Å². The Hall–Kier alpha value is -0.700. The Kier molecular flexibility index (Phi) is 4.77. The summed E-state index contributed by atoms with van der Waals surface area (Å²) in [6.07, 6.45) is 0. The van der Waals surface area contributed by atoms with E-state index < -0.39 is 0 Å². The molecule has 4 heteroatoms. The fraction of sp³-hybridized carbons (Fsp3) is 0.200. The maximum absolute atomic E-state index is 6.25. The summed E-state index contributed by atoms with van der Waals surface area (Å²) in [7, 11) is 0. The molecular formula is C15H14BrCl2N. The van der Waals surface area contributed by atoms with Gasteiger partial charge in [0.1, 0.15) is 0 Å². The monoisotopic (exact) mass is 357 g/mol. The Morgan fingerprint density at radius 1 is 1.05 bits per heavy atom. The summed E-state index contributed by atoms with van der Waals surface area (Å²) in [4.78, 5) is 0. The van der Waals surface area contributed by atoms with E-state index in [1.807, 2.05) is 43.3 Å². The topological polar surface area (TPSA) is 12.0 Å². The molecule has 2 aromatic carbocycles. The number of hydrogen-bond donors (Lipinski definition) is 1. The van der Waals surface area contributed by atoms with E-state index in [2.05, 4.69) is 28.2 Å². The van der Waals surface area contributed by atoms with Gasteiger partial charge in [0.05, 0.1) is 16.8 Å². The molecule has 19 heavy (non-hydrogen) atoms. The highest BCUT2D eigenvalue weighted by atomic mass is 79.9. The molecule has 2 aromatic rings. The van der Waals surface area contributed by atoms with E-state index in [4.69, 9.17) is 23.2 Å². The summed E-state index contributed by atoms with van der Waals surface area (Å²) in [5, 5.41) is 4.84. The second kappa shape index (κ2) is 6.17. The molecule has 0 bridgehead atoms. The van der Waals surface area contributed by atoms with Crippen molar-refractivity contribution < 1.29 is 0 Å². The molecule has 0 saturated heterocycles. The van der Waals surface area contributed by atoms with E-state index >= 15 is 0 Å². The molecule has 1 unspecified atom stereocenters. The van der Waals surface area contributed by atoms with E-state index in [-0.39, 0.29) is 6.04 Å². The maximum atomic E-state index is 6.25. The Morgan fingerprint density at radius 3 is 2.42 bits per heavy atom. The van der Waals surface area contributed by atoms with Gasteiger partial charge in [0, 0.05) is 9.50 Å². The molecule has 0 spiro atoms. The zero-order chi connectivity index (χ0) is 14.0. The minimum atomic E-state index is 0.0841. The van der Waals surface area contributed by atoms with Crippen LogP contribution in [-0.2, 0) is 0 Å². The average Bonchev–Trinajstić information content (AvgIpc) is 2.32. The summed E-state index contributed by atoms with van der Waals surface area (Å²) in [5.74, 6) is 0. The number of anilines is 1. The van der Waals surface area contributed by atoms with Gasteiger partial charge in [-0.1, -0.05) is 51.3 Å². The number of nitrogens with one attached hydrogen (secondary N) is 1. The first-order valence-corrected chi connectivity index (χ1v) is 7.50. The lowest BCUT2D eigenvalue weighted by Crippen LogP contribution is -2.07. The molecule has 0 aliphatic rings. The van der Waals surface area contributed by atoms with Gasteiger partial charge in [-0.3, -0.25) is 0 Å². The fourth-order valence-electron chi connectivity index (χ4n) is 1.90. The SMILES string of the molecule is Cc1ccc(NC(C)c2ccc(Br)cc2Cl)c(Cl)c1. The molecule has 0 aliphatic heterocycles. The Bertz CT molecular complexity index is 599. The van der Waals surface area contributed by atoms with Gasteiger partial charge < -0.3 is 5.32 Å². The van der Waals surface area contributed by atoms with Crippen molar-refractivity contribution >= 4 is 44.8 Å². The molecule has 0 heterocycles. The second-order valence-electron chi connectivity index (χ2n) is 4.52. The second-order valence-corrected chi connectivity index (χ2v) is 6.25. The standard InChI is InChI=1S/C15H14BrCl2N/c1-9-3-6-15(14(18)7-9)19-10(2)12-5-4-11(16)8-13(12)17/h3-8,10,19H,1-2H3. The molecule has 100 valence electrons. The summed E-state index contributed by atoms with van der Waals surface area (Å²) in [6.45, 7) is 4.08. The normalized spacial score (nSPS) is 12.3. The third kappa shape index (κ3) is 3.65. The smallest absolute Gasteiger partial charge is 0.0640 e. The molecule has 0 amide bonds. The lowest BCUT2D eigenvalue weighted by atomic mass is 10.1. The Labute approximate surface area is 132 Å². The molecule has 0 aliphatic carbocycles. The third-order valence-electron chi connectivity index (χ3n) is 2.93. The zero-order valence-electron chi connectivity index (χ0n) is 10.7. The van der Waals surface area contributed by atoms with Gasteiger partial charge in [-0.2, -0.15) is 0 Å². The minimum Gasteiger partial charge on any atom is -0.377 e. The highest BCUT2D eigenvalue weighted by Crippen LogP contribution is 2.31. The van der Waals surface area contributed by atoms with Crippen LogP contribution in [0.3, 0.4) is 0 Å². The number of hydrogen-bond acceptors (Lipinski definition) is 1. The van der Waals surface area contributed by atoms with Gasteiger partial charge >= 0.3 is 0 Å². The lowest BCUT2D eigenvalue weighted by Gasteiger charge is -2.18. The molecule has 1 nitrogen and oxygen atoms in total. The first kappa shape index (κ1) is 14.7. The first-order chi connectivity index (χ1) is 8.97. The van der Waals surface area contributed by atoms with Crippen molar-refractivity contribution in [3.05, 3.63) is 62.0 Å². The van der Waals surface area contributed by atoms with E-state index in [1.165, 1.54) is 0 Å². The van der Waals surface area contributed by atoms with Gasteiger partial charge in [-0.25, -0.2) is 0 Å². The van der Waals surface area contributed by atoms with E-state index in [9.17, 15) is 0 Å². The summed E-state index contributed by atoms with van der Waals surface area (Å²) in [6, 6.07) is 11.9. The van der Waals surface area contributed by atoms with Crippen molar-refractivity contribution in [2.45, 2.75) is 19.9 Å². The van der Waals surface area contributed by atoms with Crippen LogP contribution < -0.4 is 5.32 Å². The van der Waals surface area contributed by atoms with Crippen LogP contribution in [0.1, 0.15) is 24.1 Å². The Morgan fingerprint density at radius 2 is 1.79 bits per heavy atom.